The molecule has 3 N–H and O–H groups in total. The second-order valence-electron chi connectivity index (χ2n) is 5.22. The number of anilines is 1. The molecule has 1 heterocycles. The molecule has 0 saturated heterocycles. The van der Waals surface area contributed by atoms with Gasteiger partial charge in [-0.2, -0.15) is 0 Å². The van der Waals surface area contributed by atoms with E-state index >= 15 is 0 Å². The van der Waals surface area contributed by atoms with E-state index in [9.17, 15) is 0 Å². The maximum atomic E-state index is 5.88. The predicted molar refractivity (Wildman–Crippen MR) is 77.2 cm³/mol. The Balaban J connectivity index is 1.55. The average Bonchev–Trinajstić information content (AvgIpc) is 2.88. The van der Waals surface area contributed by atoms with Gasteiger partial charge in [-0.3, -0.25) is 0 Å². The standard InChI is InChI=1S/C14H26N4O/c1-2-18-10-9-17-14(18)16-8-3-11-19-13-6-4-12(15)5-7-13/h9-10,12-13H,2-8,11,15H2,1H3,(H,16,17). The summed E-state index contributed by atoms with van der Waals surface area (Å²) in [5.74, 6) is 0.950. The Hall–Kier alpha value is -1.07. The van der Waals surface area contributed by atoms with Crippen LogP contribution >= 0.6 is 0 Å². The van der Waals surface area contributed by atoms with E-state index in [1.807, 2.05) is 12.4 Å². The third-order valence-corrected chi connectivity index (χ3v) is 3.73. The van der Waals surface area contributed by atoms with E-state index in [1.165, 1.54) is 0 Å². The topological polar surface area (TPSA) is 65.1 Å². The highest BCUT2D eigenvalue weighted by Crippen LogP contribution is 2.19. The molecular weight excluding hydrogens is 240 g/mol. The van der Waals surface area contributed by atoms with Crippen LogP contribution in [0.4, 0.5) is 5.95 Å². The van der Waals surface area contributed by atoms with Gasteiger partial charge < -0.3 is 20.4 Å². The summed E-state index contributed by atoms with van der Waals surface area (Å²) in [6.45, 7) is 4.79. The average molecular weight is 266 g/mol. The first kappa shape index (κ1) is 14.3. The molecule has 0 bridgehead atoms. The van der Waals surface area contributed by atoms with Crippen LogP contribution in [0.3, 0.4) is 0 Å². The molecule has 0 spiro atoms. The van der Waals surface area contributed by atoms with Gasteiger partial charge in [-0.15, -0.1) is 0 Å². The summed E-state index contributed by atoms with van der Waals surface area (Å²) in [7, 11) is 0. The van der Waals surface area contributed by atoms with Gasteiger partial charge in [-0.05, 0) is 39.0 Å². The van der Waals surface area contributed by atoms with Crippen molar-refractivity contribution in [1.82, 2.24) is 9.55 Å². The molecule has 1 aliphatic rings. The van der Waals surface area contributed by atoms with Crippen molar-refractivity contribution in [2.75, 3.05) is 18.5 Å². The van der Waals surface area contributed by atoms with Crippen molar-refractivity contribution < 1.29 is 4.74 Å². The van der Waals surface area contributed by atoms with Crippen LogP contribution < -0.4 is 11.1 Å². The van der Waals surface area contributed by atoms with Gasteiger partial charge >= 0.3 is 0 Å². The van der Waals surface area contributed by atoms with Gasteiger partial charge in [-0.25, -0.2) is 4.98 Å². The maximum Gasteiger partial charge on any atom is 0.202 e. The third-order valence-electron chi connectivity index (χ3n) is 3.73. The Bertz CT molecular complexity index is 358. The Kier molecular flexibility index (Phi) is 5.66. The lowest BCUT2D eigenvalue weighted by molar-refractivity contribution is 0.0251. The Morgan fingerprint density at radius 3 is 2.95 bits per heavy atom. The first-order chi connectivity index (χ1) is 9.29. The number of nitrogens with two attached hydrogens (primary N) is 1. The van der Waals surface area contributed by atoms with Crippen LogP contribution in [-0.2, 0) is 11.3 Å². The maximum absolute atomic E-state index is 5.88. The Morgan fingerprint density at radius 2 is 2.21 bits per heavy atom. The zero-order valence-electron chi connectivity index (χ0n) is 11.8. The quantitative estimate of drug-likeness (QED) is 0.741. The van der Waals surface area contributed by atoms with Crippen LogP contribution in [0.2, 0.25) is 0 Å². The van der Waals surface area contributed by atoms with Crippen LogP contribution in [-0.4, -0.2) is 34.8 Å². The number of rotatable bonds is 7. The van der Waals surface area contributed by atoms with Gasteiger partial charge in [0.1, 0.15) is 0 Å². The summed E-state index contributed by atoms with van der Waals surface area (Å²) in [6, 6.07) is 0.398. The zero-order chi connectivity index (χ0) is 13.5. The molecule has 1 aliphatic carbocycles. The molecule has 0 unspecified atom stereocenters. The molecule has 1 aromatic heterocycles. The van der Waals surface area contributed by atoms with E-state index in [-0.39, 0.29) is 0 Å². The summed E-state index contributed by atoms with van der Waals surface area (Å²) < 4.78 is 7.99. The van der Waals surface area contributed by atoms with E-state index in [2.05, 4.69) is 21.8 Å². The lowest BCUT2D eigenvalue weighted by Crippen LogP contribution is -2.30. The molecule has 108 valence electrons. The van der Waals surface area contributed by atoms with Gasteiger partial charge in [0.05, 0.1) is 6.10 Å². The van der Waals surface area contributed by atoms with Crippen molar-refractivity contribution >= 4 is 5.95 Å². The molecule has 0 aromatic carbocycles. The fourth-order valence-electron chi connectivity index (χ4n) is 2.51. The molecule has 0 aliphatic heterocycles. The number of nitrogens with one attached hydrogen (secondary N) is 1. The number of imidazole rings is 1. The van der Waals surface area contributed by atoms with Crippen LogP contribution in [0.15, 0.2) is 12.4 Å². The Labute approximate surface area is 115 Å². The van der Waals surface area contributed by atoms with Gasteiger partial charge in [-0.1, -0.05) is 0 Å². The highest BCUT2D eigenvalue weighted by atomic mass is 16.5. The van der Waals surface area contributed by atoms with Crippen molar-refractivity contribution in [1.29, 1.82) is 0 Å². The number of hydrogen-bond acceptors (Lipinski definition) is 4. The van der Waals surface area contributed by atoms with E-state index in [0.717, 1.165) is 57.7 Å². The van der Waals surface area contributed by atoms with Crippen molar-refractivity contribution in [3.63, 3.8) is 0 Å². The summed E-state index contributed by atoms with van der Waals surface area (Å²) in [6.07, 6.45) is 9.71. The monoisotopic (exact) mass is 266 g/mol. The van der Waals surface area contributed by atoms with Crippen LogP contribution in [0.25, 0.3) is 0 Å². The summed E-state index contributed by atoms with van der Waals surface area (Å²) in [5, 5.41) is 3.34. The fourth-order valence-corrected chi connectivity index (χ4v) is 2.51. The second-order valence-corrected chi connectivity index (χ2v) is 5.22. The largest absolute Gasteiger partial charge is 0.378 e. The minimum absolute atomic E-state index is 0.398. The fraction of sp³-hybridized carbons (Fsp3) is 0.786. The molecule has 0 amide bonds. The molecule has 1 saturated carbocycles. The predicted octanol–water partition coefficient (Wildman–Crippen LogP) is 1.99. The minimum atomic E-state index is 0.398. The normalized spacial score (nSPS) is 23.5. The van der Waals surface area contributed by atoms with Crippen LogP contribution in [0, 0.1) is 0 Å². The minimum Gasteiger partial charge on any atom is -0.378 e. The molecule has 5 heteroatoms. The van der Waals surface area contributed by atoms with E-state index in [1.54, 1.807) is 0 Å². The lowest BCUT2D eigenvalue weighted by atomic mass is 9.94. The smallest absolute Gasteiger partial charge is 0.202 e. The van der Waals surface area contributed by atoms with E-state index < -0.39 is 0 Å². The molecule has 1 aromatic rings. The van der Waals surface area contributed by atoms with Crippen LogP contribution in [0.1, 0.15) is 39.0 Å². The number of ether oxygens (including phenoxy) is 1. The molecular formula is C14H26N4O. The molecule has 0 radical (unpaired) electrons. The zero-order valence-corrected chi connectivity index (χ0v) is 11.8. The Morgan fingerprint density at radius 1 is 1.42 bits per heavy atom. The van der Waals surface area contributed by atoms with Crippen LogP contribution in [0.5, 0.6) is 0 Å². The van der Waals surface area contributed by atoms with Gasteiger partial charge in [0, 0.05) is 38.1 Å². The van der Waals surface area contributed by atoms with E-state index in [0.29, 0.717) is 12.1 Å². The number of nitrogens with zero attached hydrogens (tertiary/aromatic N) is 2. The number of aromatic nitrogens is 2. The molecule has 5 nitrogen and oxygen atoms in total. The van der Waals surface area contributed by atoms with Crippen molar-refractivity contribution in [3.8, 4) is 0 Å². The van der Waals surface area contributed by atoms with Crippen molar-refractivity contribution in [2.45, 2.75) is 57.7 Å². The lowest BCUT2D eigenvalue weighted by Gasteiger charge is -2.26. The van der Waals surface area contributed by atoms with Gasteiger partial charge in [0.15, 0.2) is 0 Å². The van der Waals surface area contributed by atoms with Gasteiger partial charge in [0.25, 0.3) is 0 Å². The van der Waals surface area contributed by atoms with E-state index in [4.69, 9.17) is 10.5 Å². The molecule has 0 atom stereocenters. The second kappa shape index (κ2) is 7.50. The third kappa shape index (κ3) is 4.51. The molecule has 2 rings (SSSR count). The molecule has 1 fully saturated rings. The highest BCUT2D eigenvalue weighted by Gasteiger charge is 2.18. The summed E-state index contributed by atoms with van der Waals surface area (Å²) >= 11 is 0. The van der Waals surface area contributed by atoms with Crippen molar-refractivity contribution in [3.05, 3.63) is 12.4 Å². The summed E-state index contributed by atoms with van der Waals surface area (Å²) in [5.41, 5.74) is 5.88. The molecule has 19 heavy (non-hydrogen) atoms. The first-order valence-electron chi connectivity index (χ1n) is 7.41. The highest BCUT2D eigenvalue weighted by molar-refractivity contribution is 5.25. The van der Waals surface area contributed by atoms with Gasteiger partial charge in [0.2, 0.25) is 5.95 Å². The summed E-state index contributed by atoms with van der Waals surface area (Å²) in [4.78, 5) is 4.28. The number of aryl methyl sites for hydroxylation is 1. The SMILES string of the molecule is CCn1ccnc1NCCCOC1CCC(N)CC1. The number of hydrogen-bond donors (Lipinski definition) is 2. The first-order valence-corrected chi connectivity index (χ1v) is 7.41. The van der Waals surface area contributed by atoms with Crippen molar-refractivity contribution in [2.24, 2.45) is 5.73 Å².